The maximum Gasteiger partial charge on any atom is 0.191 e. The Kier molecular flexibility index (Phi) is 7.09. The molecule has 3 unspecified atom stereocenters. The number of rotatable bonds is 5. The molecule has 0 spiro atoms. The Morgan fingerprint density at radius 2 is 2.22 bits per heavy atom. The van der Waals surface area contributed by atoms with Gasteiger partial charge in [0.1, 0.15) is 0 Å². The van der Waals surface area contributed by atoms with E-state index < -0.39 is 0 Å². The molecule has 0 aliphatic heterocycles. The van der Waals surface area contributed by atoms with E-state index in [1.807, 2.05) is 7.05 Å². The Labute approximate surface area is 112 Å². The second-order valence-electron chi connectivity index (χ2n) is 5.59. The van der Waals surface area contributed by atoms with Gasteiger partial charge in [0, 0.05) is 26.7 Å². The Morgan fingerprint density at radius 3 is 2.83 bits per heavy atom. The van der Waals surface area contributed by atoms with Gasteiger partial charge in [-0.1, -0.05) is 19.8 Å². The van der Waals surface area contributed by atoms with Crippen molar-refractivity contribution < 1.29 is 4.74 Å². The van der Waals surface area contributed by atoms with Gasteiger partial charge >= 0.3 is 0 Å². The first-order chi connectivity index (χ1) is 8.65. The highest BCUT2D eigenvalue weighted by Gasteiger charge is 2.19. The van der Waals surface area contributed by atoms with E-state index in [2.05, 4.69) is 29.5 Å². The number of guanidine groups is 1. The van der Waals surface area contributed by atoms with E-state index in [1.54, 1.807) is 7.11 Å². The molecular weight excluding hydrogens is 226 g/mol. The van der Waals surface area contributed by atoms with Crippen LogP contribution in [0.25, 0.3) is 0 Å². The van der Waals surface area contributed by atoms with E-state index in [9.17, 15) is 0 Å². The molecule has 0 radical (unpaired) electrons. The maximum absolute atomic E-state index is 5.11. The number of aliphatic imine (C=N–C) groups is 1. The average molecular weight is 255 g/mol. The third-order valence-corrected chi connectivity index (χ3v) is 3.63. The van der Waals surface area contributed by atoms with Crippen LogP contribution in [-0.2, 0) is 4.74 Å². The molecule has 18 heavy (non-hydrogen) atoms. The molecule has 2 N–H and O–H groups in total. The first-order valence-electron chi connectivity index (χ1n) is 7.11. The van der Waals surface area contributed by atoms with Gasteiger partial charge in [-0.05, 0) is 31.6 Å². The zero-order valence-corrected chi connectivity index (χ0v) is 12.3. The average Bonchev–Trinajstić information content (AvgIpc) is 2.35. The van der Waals surface area contributed by atoms with E-state index in [-0.39, 0.29) is 6.04 Å². The summed E-state index contributed by atoms with van der Waals surface area (Å²) in [7, 11) is 3.54. The van der Waals surface area contributed by atoms with Crippen LogP contribution in [-0.4, -0.2) is 39.3 Å². The smallest absolute Gasteiger partial charge is 0.191 e. The van der Waals surface area contributed by atoms with E-state index in [4.69, 9.17) is 4.74 Å². The number of ether oxygens (including phenoxy) is 1. The molecule has 0 aromatic rings. The van der Waals surface area contributed by atoms with E-state index >= 15 is 0 Å². The van der Waals surface area contributed by atoms with Crippen molar-refractivity contribution >= 4 is 5.96 Å². The number of nitrogens with zero attached hydrogens (tertiary/aromatic N) is 1. The predicted molar refractivity (Wildman–Crippen MR) is 77.0 cm³/mol. The lowest BCUT2D eigenvalue weighted by atomic mass is 9.82. The SMILES string of the molecule is CN=C(NCC1CCCC(C)C1)NC(C)COC. The fraction of sp³-hybridized carbons (Fsp3) is 0.929. The lowest BCUT2D eigenvalue weighted by molar-refractivity contribution is 0.178. The molecule has 0 bridgehead atoms. The standard InChI is InChI=1S/C14H29N3O/c1-11-6-5-7-13(8-11)9-16-14(15-3)17-12(2)10-18-4/h11-13H,5-10H2,1-4H3,(H2,15,16,17). The summed E-state index contributed by atoms with van der Waals surface area (Å²) < 4.78 is 5.11. The molecule has 0 amide bonds. The summed E-state index contributed by atoms with van der Waals surface area (Å²) in [5.74, 6) is 2.57. The number of methoxy groups -OCH3 is 1. The van der Waals surface area contributed by atoms with Crippen LogP contribution in [0.3, 0.4) is 0 Å². The summed E-state index contributed by atoms with van der Waals surface area (Å²) >= 11 is 0. The Bertz CT molecular complexity index is 255. The second-order valence-corrected chi connectivity index (χ2v) is 5.59. The highest BCUT2D eigenvalue weighted by Crippen LogP contribution is 2.27. The third kappa shape index (κ3) is 5.71. The minimum Gasteiger partial charge on any atom is -0.383 e. The minimum atomic E-state index is 0.284. The monoisotopic (exact) mass is 255 g/mol. The van der Waals surface area contributed by atoms with E-state index in [0.717, 1.165) is 24.3 Å². The summed E-state index contributed by atoms with van der Waals surface area (Å²) in [6, 6.07) is 0.284. The molecule has 106 valence electrons. The van der Waals surface area contributed by atoms with Gasteiger partial charge in [0.15, 0.2) is 5.96 Å². The summed E-state index contributed by atoms with van der Waals surface area (Å²) in [4.78, 5) is 4.25. The molecule has 4 heteroatoms. The third-order valence-electron chi connectivity index (χ3n) is 3.63. The van der Waals surface area contributed by atoms with Crippen molar-refractivity contribution in [1.29, 1.82) is 0 Å². The zero-order valence-electron chi connectivity index (χ0n) is 12.3. The van der Waals surface area contributed by atoms with Gasteiger partial charge in [0.25, 0.3) is 0 Å². The number of nitrogens with one attached hydrogen (secondary N) is 2. The van der Waals surface area contributed by atoms with Crippen molar-refractivity contribution in [3.63, 3.8) is 0 Å². The lowest BCUT2D eigenvalue weighted by Gasteiger charge is -2.27. The first kappa shape index (κ1) is 15.3. The summed E-state index contributed by atoms with van der Waals surface area (Å²) in [6.07, 6.45) is 5.47. The summed E-state index contributed by atoms with van der Waals surface area (Å²) in [6.45, 7) is 6.18. The lowest BCUT2D eigenvalue weighted by Crippen LogP contribution is -2.45. The van der Waals surface area contributed by atoms with E-state index in [0.29, 0.717) is 6.61 Å². The van der Waals surface area contributed by atoms with Crippen molar-refractivity contribution in [1.82, 2.24) is 10.6 Å². The van der Waals surface area contributed by atoms with Crippen LogP contribution in [0.5, 0.6) is 0 Å². The van der Waals surface area contributed by atoms with Gasteiger partial charge in [-0.2, -0.15) is 0 Å². The summed E-state index contributed by atoms with van der Waals surface area (Å²) in [5.41, 5.74) is 0. The maximum atomic E-state index is 5.11. The van der Waals surface area contributed by atoms with Crippen LogP contribution in [0.4, 0.5) is 0 Å². The van der Waals surface area contributed by atoms with Crippen LogP contribution in [0.2, 0.25) is 0 Å². The minimum absolute atomic E-state index is 0.284. The van der Waals surface area contributed by atoms with Crippen molar-refractivity contribution in [3.8, 4) is 0 Å². The largest absolute Gasteiger partial charge is 0.383 e. The zero-order chi connectivity index (χ0) is 13.4. The predicted octanol–water partition coefficient (Wildman–Crippen LogP) is 2.01. The van der Waals surface area contributed by atoms with Gasteiger partial charge in [0.2, 0.25) is 0 Å². The molecule has 0 saturated heterocycles. The van der Waals surface area contributed by atoms with Crippen LogP contribution < -0.4 is 10.6 Å². The van der Waals surface area contributed by atoms with Crippen molar-refractivity contribution in [2.24, 2.45) is 16.8 Å². The van der Waals surface area contributed by atoms with Gasteiger partial charge in [-0.15, -0.1) is 0 Å². The van der Waals surface area contributed by atoms with Crippen molar-refractivity contribution in [2.75, 3.05) is 27.3 Å². The van der Waals surface area contributed by atoms with Gasteiger partial charge in [0.05, 0.1) is 6.61 Å². The van der Waals surface area contributed by atoms with Gasteiger partial charge < -0.3 is 15.4 Å². The second kappa shape index (κ2) is 8.35. The molecule has 0 aromatic carbocycles. The number of hydrogen-bond acceptors (Lipinski definition) is 2. The highest BCUT2D eigenvalue weighted by atomic mass is 16.5. The molecule has 1 aliphatic rings. The molecular formula is C14H29N3O. The fourth-order valence-electron chi connectivity index (χ4n) is 2.71. The molecule has 4 nitrogen and oxygen atoms in total. The molecule has 1 fully saturated rings. The molecule has 1 rings (SSSR count). The molecule has 1 aliphatic carbocycles. The molecule has 1 saturated carbocycles. The van der Waals surface area contributed by atoms with Crippen LogP contribution >= 0.6 is 0 Å². The summed E-state index contributed by atoms with van der Waals surface area (Å²) in [5, 5.41) is 6.76. The molecule has 0 aromatic heterocycles. The van der Waals surface area contributed by atoms with Crippen LogP contribution in [0.1, 0.15) is 39.5 Å². The van der Waals surface area contributed by atoms with E-state index in [1.165, 1.54) is 25.7 Å². The van der Waals surface area contributed by atoms with Crippen LogP contribution in [0, 0.1) is 11.8 Å². The van der Waals surface area contributed by atoms with Gasteiger partial charge in [-0.3, -0.25) is 4.99 Å². The first-order valence-corrected chi connectivity index (χ1v) is 7.11. The van der Waals surface area contributed by atoms with Crippen LogP contribution in [0.15, 0.2) is 4.99 Å². The fourth-order valence-corrected chi connectivity index (χ4v) is 2.71. The highest BCUT2D eigenvalue weighted by molar-refractivity contribution is 5.79. The normalized spacial score (nSPS) is 26.8. The Balaban J connectivity index is 2.26. The quantitative estimate of drug-likeness (QED) is 0.583. The Morgan fingerprint density at radius 1 is 1.44 bits per heavy atom. The number of hydrogen-bond donors (Lipinski definition) is 2. The Hall–Kier alpha value is -0.770. The van der Waals surface area contributed by atoms with Gasteiger partial charge in [-0.25, -0.2) is 0 Å². The van der Waals surface area contributed by atoms with Crippen molar-refractivity contribution in [3.05, 3.63) is 0 Å². The molecule has 0 heterocycles. The topological polar surface area (TPSA) is 45.7 Å². The molecule has 3 atom stereocenters. The van der Waals surface area contributed by atoms with Crippen molar-refractivity contribution in [2.45, 2.75) is 45.6 Å².